The molecule has 1 saturated carbocycles. The number of hydrogen-bond acceptors (Lipinski definition) is 8. The molecule has 3 aliphatic rings. The van der Waals surface area contributed by atoms with Crippen molar-refractivity contribution in [2.45, 2.75) is 140 Å². The monoisotopic (exact) mass is 593 g/mol. The van der Waals surface area contributed by atoms with Crippen LogP contribution in [0.5, 0.6) is 5.88 Å². The molecule has 2 aromatic rings. The second-order valence-electron chi connectivity index (χ2n) is 13.9. The van der Waals surface area contributed by atoms with Gasteiger partial charge in [0.15, 0.2) is 0 Å². The van der Waals surface area contributed by atoms with E-state index in [2.05, 4.69) is 42.9 Å². The molecule has 0 radical (unpaired) electrons. The normalized spacial score (nSPS) is 27.7. The molecule has 2 aliphatic heterocycles. The maximum absolute atomic E-state index is 13.0. The summed E-state index contributed by atoms with van der Waals surface area (Å²) in [7, 11) is 0. The van der Waals surface area contributed by atoms with Crippen LogP contribution in [0.25, 0.3) is 10.9 Å². The second kappa shape index (κ2) is 12.0. The van der Waals surface area contributed by atoms with Gasteiger partial charge in [-0.05, 0) is 79.1 Å². The molecule has 234 valence electrons. The third-order valence-electron chi connectivity index (χ3n) is 9.27. The van der Waals surface area contributed by atoms with Crippen molar-refractivity contribution in [1.82, 2.24) is 19.9 Å². The van der Waals surface area contributed by atoms with Crippen molar-refractivity contribution in [2.75, 3.05) is 18.5 Å². The topological polar surface area (TPSA) is 92.6 Å². The molecule has 3 fully saturated rings. The van der Waals surface area contributed by atoms with Crippen LogP contribution in [0.3, 0.4) is 0 Å². The van der Waals surface area contributed by atoms with Crippen LogP contribution < -0.4 is 10.1 Å². The summed E-state index contributed by atoms with van der Waals surface area (Å²) in [5.74, 6) is 0.744. The van der Waals surface area contributed by atoms with E-state index < -0.39 is 18.6 Å². The Morgan fingerprint density at radius 1 is 1.07 bits per heavy atom. The summed E-state index contributed by atoms with van der Waals surface area (Å²) in [5, 5.41) is 13.5. The van der Waals surface area contributed by atoms with Crippen LogP contribution in [0.2, 0.25) is 0 Å². The van der Waals surface area contributed by atoms with Gasteiger partial charge in [0.1, 0.15) is 6.10 Å². The average Bonchev–Trinajstić information content (AvgIpc) is 3.39. The zero-order valence-corrected chi connectivity index (χ0v) is 25.5. The summed E-state index contributed by atoms with van der Waals surface area (Å²) >= 11 is 0. The SMILES string of the molecule is C[C@@H](CC(F)(F)F)Nc1ncc2c(OC3CC(C)(C)N(C[C@@H]4CCCO4)C(C)(C)C3)ncc([C@H]3CC[C@H](O)CC3)c2n1. The van der Waals surface area contributed by atoms with E-state index in [9.17, 15) is 18.3 Å². The minimum Gasteiger partial charge on any atom is -0.474 e. The van der Waals surface area contributed by atoms with Gasteiger partial charge >= 0.3 is 6.18 Å². The Morgan fingerprint density at radius 2 is 1.76 bits per heavy atom. The number of fused-ring (bicyclic) bond motifs is 1. The molecule has 2 saturated heterocycles. The van der Waals surface area contributed by atoms with Crippen LogP contribution >= 0.6 is 0 Å². The Morgan fingerprint density at radius 3 is 2.38 bits per heavy atom. The van der Waals surface area contributed by atoms with Crippen LogP contribution in [0.15, 0.2) is 12.4 Å². The predicted molar refractivity (Wildman–Crippen MR) is 156 cm³/mol. The smallest absolute Gasteiger partial charge is 0.391 e. The lowest BCUT2D eigenvalue weighted by Crippen LogP contribution is -2.64. The van der Waals surface area contributed by atoms with Crippen molar-refractivity contribution < 1.29 is 27.8 Å². The van der Waals surface area contributed by atoms with Gasteiger partial charge in [-0.15, -0.1) is 0 Å². The maximum Gasteiger partial charge on any atom is 0.391 e. The molecule has 0 spiro atoms. The van der Waals surface area contributed by atoms with Gasteiger partial charge in [0.05, 0.1) is 29.5 Å². The number of aliphatic hydroxyl groups excluding tert-OH is 1. The zero-order chi connectivity index (χ0) is 30.3. The number of nitrogens with zero attached hydrogens (tertiary/aromatic N) is 4. The van der Waals surface area contributed by atoms with Crippen molar-refractivity contribution in [3.8, 4) is 5.88 Å². The molecule has 2 aromatic heterocycles. The largest absolute Gasteiger partial charge is 0.474 e. The molecule has 0 unspecified atom stereocenters. The highest BCUT2D eigenvalue weighted by Crippen LogP contribution is 2.42. The molecule has 0 amide bonds. The number of halogens is 3. The molecule has 1 aliphatic carbocycles. The van der Waals surface area contributed by atoms with Gasteiger partial charge in [0.2, 0.25) is 11.8 Å². The lowest BCUT2D eigenvalue weighted by Gasteiger charge is -2.55. The lowest BCUT2D eigenvalue weighted by atomic mass is 9.77. The number of rotatable bonds is 8. The standard InChI is InChI=1S/C31H46F3N5O3/c1-19(13-31(32,33)34)37-28-36-17-25-26(38-28)24(20-8-10-21(40)11-9-20)16-35-27(25)42-23-14-29(2,3)39(30(4,5)15-23)18-22-7-6-12-41-22/h16-17,19-23,40H,6-15,18H2,1-5H3,(H,36,37,38)/t19-,20-,21-,22-/m0/s1. The van der Waals surface area contributed by atoms with Crippen molar-refractivity contribution in [3.05, 3.63) is 18.0 Å². The Labute approximate surface area is 246 Å². The van der Waals surface area contributed by atoms with Crippen molar-refractivity contribution in [1.29, 1.82) is 0 Å². The average molecular weight is 594 g/mol. The first-order valence-electron chi connectivity index (χ1n) is 15.4. The molecule has 11 heteroatoms. The van der Waals surface area contributed by atoms with E-state index in [1.807, 2.05) is 0 Å². The number of aliphatic hydroxyl groups is 1. The lowest BCUT2D eigenvalue weighted by molar-refractivity contribution is -0.136. The number of ether oxygens (including phenoxy) is 2. The summed E-state index contributed by atoms with van der Waals surface area (Å²) in [6.45, 7) is 12.2. The molecule has 4 heterocycles. The molecule has 5 rings (SSSR count). The highest BCUT2D eigenvalue weighted by molar-refractivity contribution is 5.86. The zero-order valence-electron chi connectivity index (χ0n) is 25.5. The number of hydrogen-bond donors (Lipinski definition) is 2. The van der Waals surface area contributed by atoms with E-state index in [1.54, 1.807) is 12.4 Å². The van der Waals surface area contributed by atoms with Gasteiger partial charge in [-0.3, -0.25) is 4.90 Å². The van der Waals surface area contributed by atoms with Crippen LogP contribution in [-0.4, -0.2) is 79.7 Å². The van der Waals surface area contributed by atoms with Crippen molar-refractivity contribution in [3.63, 3.8) is 0 Å². The fourth-order valence-corrected chi connectivity index (χ4v) is 7.44. The second-order valence-corrected chi connectivity index (χ2v) is 13.9. The van der Waals surface area contributed by atoms with E-state index in [4.69, 9.17) is 19.4 Å². The van der Waals surface area contributed by atoms with E-state index in [0.29, 0.717) is 29.6 Å². The molecule has 0 aromatic carbocycles. The highest BCUT2D eigenvalue weighted by atomic mass is 19.4. The van der Waals surface area contributed by atoms with Crippen LogP contribution in [0, 0.1) is 0 Å². The van der Waals surface area contributed by atoms with Crippen LogP contribution in [-0.2, 0) is 4.74 Å². The summed E-state index contributed by atoms with van der Waals surface area (Å²) in [6.07, 6.45) is 4.81. The predicted octanol–water partition coefficient (Wildman–Crippen LogP) is 6.38. The first-order chi connectivity index (χ1) is 19.7. The van der Waals surface area contributed by atoms with Gasteiger partial charge in [0, 0.05) is 61.1 Å². The van der Waals surface area contributed by atoms with E-state index >= 15 is 0 Å². The summed E-state index contributed by atoms with van der Waals surface area (Å²) in [5.41, 5.74) is 1.32. The van der Waals surface area contributed by atoms with E-state index in [1.165, 1.54) is 6.92 Å². The van der Waals surface area contributed by atoms with Gasteiger partial charge < -0.3 is 19.9 Å². The number of piperidine rings is 1. The first kappa shape index (κ1) is 31.2. The van der Waals surface area contributed by atoms with Gasteiger partial charge in [0.25, 0.3) is 0 Å². The third-order valence-corrected chi connectivity index (χ3v) is 9.27. The van der Waals surface area contributed by atoms with Crippen LogP contribution in [0.1, 0.15) is 104 Å². The quantitative estimate of drug-likeness (QED) is 0.365. The van der Waals surface area contributed by atoms with Gasteiger partial charge in [-0.2, -0.15) is 13.2 Å². The number of anilines is 1. The third kappa shape index (κ3) is 7.27. The van der Waals surface area contributed by atoms with Crippen LogP contribution in [0.4, 0.5) is 19.1 Å². The molecular formula is C31H46F3N5O3. The summed E-state index contributed by atoms with van der Waals surface area (Å²) < 4.78 is 51.5. The van der Waals surface area contributed by atoms with E-state index in [-0.39, 0.29) is 41.3 Å². The fraction of sp³-hybridized carbons (Fsp3) is 0.774. The van der Waals surface area contributed by atoms with Gasteiger partial charge in [-0.25, -0.2) is 15.0 Å². The van der Waals surface area contributed by atoms with Crippen molar-refractivity contribution >= 4 is 16.9 Å². The first-order valence-corrected chi connectivity index (χ1v) is 15.4. The number of pyridine rings is 1. The minimum absolute atomic E-state index is 0.0910. The molecular weight excluding hydrogens is 547 g/mol. The molecule has 2 atom stereocenters. The molecule has 8 nitrogen and oxygen atoms in total. The Balaban J connectivity index is 1.41. The Kier molecular flexibility index (Phi) is 8.94. The Bertz CT molecular complexity index is 1210. The number of aromatic nitrogens is 3. The van der Waals surface area contributed by atoms with Gasteiger partial charge in [-0.1, -0.05) is 0 Å². The highest BCUT2D eigenvalue weighted by Gasteiger charge is 2.47. The maximum atomic E-state index is 13.0. The number of alkyl halides is 3. The summed E-state index contributed by atoms with van der Waals surface area (Å²) in [6, 6.07) is -0.877. The van der Waals surface area contributed by atoms with E-state index in [0.717, 1.165) is 57.2 Å². The molecule has 0 bridgehead atoms. The number of likely N-dealkylation sites (tertiary alicyclic amines) is 1. The summed E-state index contributed by atoms with van der Waals surface area (Å²) in [4.78, 5) is 16.4. The fourth-order valence-electron chi connectivity index (χ4n) is 7.44. The minimum atomic E-state index is -4.29. The molecule has 2 N–H and O–H groups in total. The Hall–Kier alpha value is -2.24. The number of nitrogens with one attached hydrogen (secondary N) is 1. The molecule has 42 heavy (non-hydrogen) atoms. The van der Waals surface area contributed by atoms with Crippen molar-refractivity contribution in [2.24, 2.45) is 0 Å².